The van der Waals surface area contributed by atoms with E-state index in [1.54, 1.807) is 18.2 Å². The Morgan fingerprint density at radius 1 is 1.08 bits per heavy atom. The maximum atomic E-state index is 13.8. The van der Waals surface area contributed by atoms with Crippen LogP contribution in [0.4, 0.5) is 8.78 Å². The van der Waals surface area contributed by atoms with Crippen LogP contribution < -0.4 is 5.32 Å². The van der Waals surface area contributed by atoms with Crippen molar-refractivity contribution in [2.75, 3.05) is 13.1 Å². The Kier molecular flexibility index (Phi) is 5.61. The molecule has 1 aliphatic rings. The summed E-state index contributed by atoms with van der Waals surface area (Å²) in [4.78, 5) is 26.5. The van der Waals surface area contributed by atoms with Crippen molar-refractivity contribution in [3.05, 3.63) is 71.3 Å². The van der Waals surface area contributed by atoms with Gasteiger partial charge in [0.15, 0.2) is 0 Å². The number of nitrogens with one attached hydrogen (secondary N) is 1. The molecule has 0 radical (unpaired) electrons. The highest BCUT2D eigenvalue weighted by Gasteiger charge is 2.29. The Balaban J connectivity index is 1.59. The number of rotatable bonds is 4. The van der Waals surface area contributed by atoms with Crippen molar-refractivity contribution in [2.24, 2.45) is 5.92 Å². The van der Waals surface area contributed by atoms with Crippen molar-refractivity contribution in [2.45, 2.75) is 19.4 Å². The maximum Gasteiger partial charge on any atom is 0.256 e. The zero-order valence-electron chi connectivity index (χ0n) is 14.3. The zero-order valence-corrected chi connectivity index (χ0v) is 14.3. The van der Waals surface area contributed by atoms with Gasteiger partial charge in [0, 0.05) is 19.6 Å². The van der Waals surface area contributed by atoms with E-state index in [2.05, 4.69) is 5.32 Å². The minimum atomic E-state index is -0.555. The van der Waals surface area contributed by atoms with Gasteiger partial charge in [-0.15, -0.1) is 0 Å². The van der Waals surface area contributed by atoms with Crippen LogP contribution in [-0.2, 0) is 11.3 Å². The lowest BCUT2D eigenvalue weighted by Gasteiger charge is -2.32. The van der Waals surface area contributed by atoms with Crippen LogP contribution in [-0.4, -0.2) is 29.8 Å². The summed E-state index contributed by atoms with van der Waals surface area (Å²) in [5, 5.41) is 2.83. The van der Waals surface area contributed by atoms with E-state index < -0.39 is 5.82 Å². The molecule has 1 heterocycles. The first-order valence-corrected chi connectivity index (χ1v) is 8.60. The molecule has 1 saturated heterocycles. The van der Waals surface area contributed by atoms with Crippen LogP contribution in [0.2, 0.25) is 0 Å². The molecule has 6 heteroatoms. The smallest absolute Gasteiger partial charge is 0.256 e. The second-order valence-corrected chi connectivity index (χ2v) is 6.41. The number of benzene rings is 2. The molecule has 1 aliphatic heterocycles. The van der Waals surface area contributed by atoms with E-state index in [-0.39, 0.29) is 35.7 Å². The summed E-state index contributed by atoms with van der Waals surface area (Å²) in [6, 6.07) is 11.8. The summed E-state index contributed by atoms with van der Waals surface area (Å²) in [5.74, 6) is -1.76. The van der Waals surface area contributed by atoms with Gasteiger partial charge in [-0.3, -0.25) is 9.59 Å². The van der Waals surface area contributed by atoms with Gasteiger partial charge in [0.05, 0.1) is 11.5 Å². The molecule has 0 aromatic heterocycles. The van der Waals surface area contributed by atoms with Crippen LogP contribution in [0, 0.1) is 17.6 Å². The van der Waals surface area contributed by atoms with Crippen molar-refractivity contribution in [1.82, 2.24) is 10.2 Å². The Hall–Kier alpha value is -2.76. The second-order valence-electron chi connectivity index (χ2n) is 6.41. The third-order valence-electron chi connectivity index (χ3n) is 4.56. The van der Waals surface area contributed by atoms with Gasteiger partial charge >= 0.3 is 0 Å². The standard InChI is InChI=1S/C20H20F2N2O2/c21-16-9-7-14(8-10-16)12-23-19(25)15-4-3-11-24(13-15)20(26)17-5-1-2-6-18(17)22/h1-2,5-10,15H,3-4,11-13H2,(H,23,25). The fraction of sp³-hybridized carbons (Fsp3) is 0.300. The van der Waals surface area contributed by atoms with E-state index in [9.17, 15) is 18.4 Å². The molecule has 2 aromatic carbocycles. The third-order valence-corrected chi connectivity index (χ3v) is 4.56. The summed E-state index contributed by atoms with van der Waals surface area (Å²) >= 11 is 0. The first kappa shape index (κ1) is 18.0. The average Bonchev–Trinajstić information content (AvgIpc) is 2.67. The normalized spacial score (nSPS) is 17.0. The first-order valence-electron chi connectivity index (χ1n) is 8.60. The van der Waals surface area contributed by atoms with Crippen LogP contribution in [0.1, 0.15) is 28.8 Å². The molecule has 1 unspecified atom stereocenters. The molecule has 1 N–H and O–H groups in total. The molecule has 0 bridgehead atoms. The molecule has 2 aromatic rings. The van der Waals surface area contributed by atoms with Crippen LogP contribution >= 0.6 is 0 Å². The summed E-state index contributed by atoms with van der Waals surface area (Å²) in [7, 11) is 0. The molecule has 0 saturated carbocycles. The molecular formula is C20H20F2N2O2. The zero-order chi connectivity index (χ0) is 18.5. The van der Waals surface area contributed by atoms with E-state index in [0.29, 0.717) is 25.9 Å². The van der Waals surface area contributed by atoms with Gasteiger partial charge in [-0.05, 0) is 42.7 Å². The highest BCUT2D eigenvalue weighted by atomic mass is 19.1. The van der Waals surface area contributed by atoms with Gasteiger partial charge < -0.3 is 10.2 Å². The number of carbonyl (C=O) groups is 2. The average molecular weight is 358 g/mol. The number of piperidine rings is 1. The van der Waals surface area contributed by atoms with E-state index in [0.717, 1.165) is 5.56 Å². The minimum Gasteiger partial charge on any atom is -0.352 e. The monoisotopic (exact) mass is 358 g/mol. The van der Waals surface area contributed by atoms with Crippen molar-refractivity contribution < 1.29 is 18.4 Å². The predicted molar refractivity (Wildman–Crippen MR) is 93.3 cm³/mol. The largest absolute Gasteiger partial charge is 0.352 e. The Bertz CT molecular complexity index is 793. The number of nitrogens with zero attached hydrogens (tertiary/aromatic N) is 1. The Labute approximate surface area is 150 Å². The highest BCUT2D eigenvalue weighted by Crippen LogP contribution is 2.20. The van der Waals surface area contributed by atoms with Crippen LogP contribution in [0.25, 0.3) is 0 Å². The van der Waals surface area contributed by atoms with E-state index in [1.165, 1.54) is 35.2 Å². The number of hydrogen-bond donors (Lipinski definition) is 1. The number of likely N-dealkylation sites (tertiary alicyclic amines) is 1. The fourth-order valence-corrected chi connectivity index (χ4v) is 3.12. The van der Waals surface area contributed by atoms with Gasteiger partial charge in [-0.2, -0.15) is 0 Å². The lowest BCUT2D eigenvalue weighted by atomic mass is 9.96. The summed E-state index contributed by atoms with van der Waals surface area (Å²) in [6.07, 6.45) is 1.37. The lowest BCUT2D eigenvalue weighted by molar-refractivity contribution is -0.126. The molecule has 4 nitrogen and oxygen atoms in total. The molecular weight excluding hydrogens is 338 g/mol. The van der Waals surface area contributed by atoms with Crippen LogP contribution in [0.5, 0.6) is 0 Å². The summed E-state index contributed by atoms with van der Waals surface area (Å²) in [6.45, 7) is 1.08. The van der Waals surface area contributed by atoms with E-state index in [1.807, 2.05) is 0 Å². The minimum absolute atomic E-state index is 0.0277. The number of carbonyl (C=O) groups excluding carboxylic acids is 2. The van der Waals surface area contributed by atoms with Crippen molar-refractivity contribution >= 4 is 11.8 Å². The van der Waals surface area contributed by atoms with Gasteiger partial charge in [0.25, 0.3) is 5.91 Å². The quantitative estimate of drug-likeness (QED) is 0.913. The van der Waals surface area contributed by atoms with Gasteiger partial charge in [-0.25, -0.2) is 8.78 Å². The molecule has 1 fully saturated rings. The molecule has 2 amide bonds. The molecule has 26 heavy (non-hydrogen) atoms. The second kappa shape index (κ2) is 8.08. The fourth-order valence-electron chi connectivity index (χ4n) is 3.12. The van der Waals surface area contributed by atoms with Crippen LogP contribution in [0.15, 0.2) is 48.5 Å². The van der Waals surface area contributed by atoms with Gasteiger partial charge in [0.2, 0.25) is 5.91 Å². The first-order chi connectivity index (χ1) is 12.5. The van der Waals surface area contributed by atoms with Crippen LogP contribution in [0.3, 0.4) is 0 Å². The molecule has 0 aliphatic carbocycles. The molecule has 3 rings (SSSR count). The van der Waals surface area contributed by atoms with Crippen molar-refractivity contribution in [1.29, 1.82) is 0 Å². The summed E-state index contributed by atoms with van der Waals surface area (Å²) in [5.41, 5.74) is 0.828. The van der Waals surface area contributed by atoms with E-state index in [4.69, 9.17) is 0 Å². The van der Waals surface area contributed by atoms with Crippen molar-refractivity contribution in [3.63, 3.8) is 0 Å². The van der Waals surface area contributed by atoms with Gasteiger partial charge in [0.1, 0.15) is 11.6 Å². The molecule has 0 spiro atoms. The van der Waals surface area contributed by atoms with Gasteiger partial charge in [-0.1, -0.05) is 24.3 Å². The summed E-state index contributed by atoms with van der Waals surface area (Å²) < 4.78 is 26.7. The maximum absolute atomic E-state index is 13.8. The van der Waals surface area contributed by atoms with E-state index >= 15 is 0 Å². The third kappa shape index (κ3) is 4.25. The SMILES string of the molecule is O=C(NCc1ccc(F)cc1)C1CCCN(C(=O)c2ccccc2F)C1. The topological polar surface area (TPSA) is 49.4 Å². The van der Waals surface area contributed by atoms with Crippen molar-refractivity contribution in [3.8, 4) is 0 Å². The number of amides is 2. The number of hydrogen-bond acceptors (Lipinski definition) is 2. The molecule has 136 valence electrons. The lowest BCUT2D eigenvalue weighted by Crippen LogP contribution is -2.45. The predicted octanol–water partition coefficient (Wildman–Crippen LogP) is 3.13. The molecule has 1 atom stereocenters. The highest BCUT2D eigenvalue weighted by molar-refractivity contribution is 5.95. The Morgan fingerprint density at radius 2 is 1.81 bits per heavy atom. The Morgan fingerprint density at radius 3 is 2.54 bits per heavy atom. The number of halogens is 2.